The number of halogens is 1. The van der Waals surface area contributed by atoms with Crippen LogP contribution < -0.4 is 5.32 Å². The fourth-order valence-corrected chi connectivity index (χ4v) is 3.94. The molecule has 29 heavy (non-hydrogen) atoms. The van der Waals surface area contributed by atoms with Crippen LogP contribution in [0.25, 0.3) is 0 Å². The number of rotatable bonds is 4. The molecule has 0 saturated carbocycles. The molecular weight excluding hydrogens is 371 g/mol. The van der Waals surface area contributed by atoms with Gasteiger partial charge in [-0.15, -0.1) is 0 Å². The zero-order valence-corrected chi connectivity index (χ0v) is 16.7. The van der Waals surface area contributed by atoms with Crippen LogP contribution in [-0.4, -0.2) is 40.7 Å². The second-order valence-electron chi connectivity index (χ2n) is 7.91. The molecule has 2 aliphatic rings. The lowest BCUT2D eigenvalue weighted by atomic mass is 9.96. The lowest BCUT2D eigenvalue weighted by Crippen LogP contribution is -2.44. The summed E-state index contributed by atoms with van der Waals surface area (Å²) in [5, 5.41) is 3.00. The van der Waals surface area contributed by atoms with Crippen molar-refractivity contribution in [1.29, 1.82) is 0 Å². The van der Waals surface area contributed by atoms with Gasteiger partial charge in [-0.1, -0.05) is 12.1 Å². The molecule has 1 aromatic carbocycles. The van der Waals surface area contributed by atoms with Gasteiger partial charge in [0.25, 0.3) is 0 Å². The summed E-state index contributed by atoms with van der Waals surface area (Å²) in [6.07, 6.45) is 5.65. The van der Waals surface area contributed by atoms with E-state index in [9.17, 15) is 9.18 Å². The van der Waals surface area contributed by atoms with E-state index in [0.29, 0.717) is 19.0 Å². The van der Waals surface area contributed by atoms with Gasteiger partial charge in [-0.2, -0.15) is 0 Å². The average molecular weight is 398 g/mol. The molecule has 2 amide bonds. The van der Waals surface area contributed by atoms with Crippen molar-refractivity contribution in [3.8, 4) is 0 Å². The highest BCUT2D eigenvalue weighted by molar-refractivity contribution is 5.75. The van der Waals surface area contributed by atoms with Gasteiger partial charge in [-0.05, 0) is 55.4 Å². The zero-order valence-electron chi connectivity index (χ0n) is 16.7. The van der Waals surface area contributed by atoms with E-state index < -0.39 is 0 Å². The number of aromatic nitrogens is 2. The van der Waals surface area contributed by atoms with E-state index in [1.807, 2.05) is 13.1 Å². The number of amides is 2. The van der Waals surface area contributed by atoms with E-state index in [-0.39, 0.29) is 17.9 Å². The average Bonchev–Trinajstić information content (AvgIpc) is 2.74. The summed E-state index contributed by atoms with van der Waals surface area (Å²) >= 11 is 0. The van der Waals surface area contributed by atoms with Crippen LogP contribution >= 0.6 is 0 Å². The summed E-state index contributed by atoms with van der Waals surface area (Å²) < 4.78 is 18.5. The van der Waals surface area contributed by atoms with Crippen LogP contribution in [-0.2, 0) is 24.1 Å². The van der Waals surface area contributed by atoms with Crippen molar-refractivity contribution < 1.29 is 13.9 Å². The maximum atomic E-state index is 13.1. The van der Waals surface area contributed by atoms with Crippen molar-refractivity contribution in [2.45, 2.75) is 45.2 Å². The Morgan fingerprint density at radius 1 is 1.31 bits per heavy atom. The number of ether oxygens (including phenoxy) is 1. The molecule has 1 fully saturated rings. The highest BCUT2D eigenvalue weighted by Gasteiger charge is 2.24. The third kappa shape index (κ3) is 4.90. The third-order valence-electron chi connectivity index (χ3n) is 5.81. The van der Waals surface area contributed by atoms with E-state index >= 15 is 0 Å². The molecule has 154 valence electrons. The van der Waals surface area contributed by atoms with Gasteiger partial charge in [0.2, 0.25) is 0 Å². The summed E-state index contributed by atoms with van der Waals surface area (Å²) in [5.74, 6) is 1.15. The van der Waals surface area contributed by atoms with Gasteiger partial charge in [0.05, 0.1) is 18.3 Å². The van der Waals surface area contributed by atoms with Crippen molar-refractivity contribution in [2.24, 2.45) is 5.92 Å². The fourth-order valence-electron chi connectivity index (χ4n) is 3.94. The van der Waals surface area contributed by atoms with Crippen molar-refractivity contribution in [1.82, 2.24) is 20.2 Å². The van der Waals surface area contributed by atoms with Crippen LogP contribution in [0.15, 0.2) is 30.5 Å². The van der Waals surface area contributed by atoms with Crippen LogP contribution in [0.1, 0.15) is 48.5 Å². The number of nitrogens with one attached hydrogen (secondary N) is 1. The minimum atomic E-state index is -0.281. The number of carbonyl (C=O) groups is 1. The molecule has 7 heteroatoms. The summed E-state index contributed by atoms with van der Waals surface area (Å²) in [4.78, 5) is 23.9. The Kier molecular flexibility index (Phi) is 6.04. The molecule has 2 aromatic rings. The fraction of sp³-hybridized carbons (Fsp3) is 0.500. The van der Waals surface area contributed by atoms with Gasteiger partial charge in [-0.3, -0.25) is 0 Å². The Morgan fingerprint density at radius 3 is 2.83 bits per heavy atom. The molecule has 1 saturated heterocycles. The molecule has 3 heterocycles. The number of fused-ring (bicyclic) bond motifs is 1. The molecule has 0 spiro atoms. The van der Waals surface area contributed by atoms with E-state index in [4.69, 9.17) is 9.72 Å². The van der Waals surface area contributed by atoms with Gasteiger partial charge in [-0.25, -0.2) is 19.2 Å². The van der Waals surface area contributed by atoms with Crippen molar-refractivity contribution in [3.05, 3.63) is 58.9 Å². The van der Waals surface area contributed by atoms with Crippen molar-refractivity contribution in [2.75, 3.05) is 19.8 Å². The van der Waals surface area contributed by atoms with Crippen LogP contribution in [0.4, 0.5) is 9.18 Å². The third-order valence-corrected chi connectivity index (χ3v) is 5.81. The first kappa shape index (κ1) is 19.8. The quantitative estimate of drug-likeness (QED) is 0.857. The van der Waals surface area contributed by atoms with Crippen LogP contribution in [0.5, 0.6) is 0 Å². The number of benzene rings is 1. The molecule has 1 N–H and O–H groups in total. The van der Waals surface area contributed by atoms with E-state index in [1.54, 1.807) is 17.0 Å². The number of hydrogen-bond donors (Lipinski definition) is 1. The number of hydrogen-bond acceptors (Lipinski definition) is 4. The van der Waals surface area contributed by atoms with E-state index in [2.05, 4.69) is 10.3 Å². The standard InChI is InChI=1S/C22H27FN4O2/c1-15(17-2-4-19(23)5-3-17)25-22(28)27-9-6-18-13-24-21(26-20(18)14-27)12-16-7-10-29-11-8-16/h2-5,13,15-16H,6-12,14H2,1H3,(H,25,28)/t15-/m1/s1. The minimum absolute atomic E-state index is 0.128. The lowest BCUT2D eigenvalue weighted by Gasteiger charge is -2.30. The molecule has 4 rings (SSSR count). The van der Waals surface area contributed by atoms with Crippen molar-refractivity contribution in [3.63, 3.8) is 0 Å². The Balaban J connectivity index is 1.38. The van der Waals surface area contributed by atoms with Gasteiger partial charge < -0.3 is 15.0 Å². The molecule has 0 unspecified atom stereocenters. The Bertz CT molecular complexity index is 852. The number of nitrogens with zero attached hydrogens (tertiary/aromatic N) is 3. The Hall–Kier alpha value is -2.54. The second-order valence-corrected chi connectivity index (χ2v) is 7.91. The predicted molar refractivity (Wildman–Crippen MR) is 107 cm³/mol. The van der Waals surface area contributed by atoms with E-state index in [0.717, 1.165) is 61.5 Å². The second kappa shape index (κ2) is 8.86. The lowest BCUT2D eigenvalue weighted by molar-refractivity contribution is 0.0659. The first-order chi connectivity index (χ1) is 14.1. The predicted octanol–water partition coefficient (Wildman–Crippen LogP) is 3.41. The molecule has 0 aliphatic carbocycles. The maximum absolute atomic E-state index is 13.1. The van der Waals surface area contributed by atoms with Gasteiger partial charge in [0.15, 0.2) is 0 Å². The smallest absolute Gasteiger partial charge is 0.318 e. The zero-order chi connectivity index (χ0) is 20.2. The minimum Gasteiger partial charge on any atom is -0.381 e. The molecular formula is C22H27FN4O2. The molecule has 6 nitrogen and oxygen atoms in total. The normalized spacial score (nSPS) is 18.2. The topological polar surface area (TPSA) is 67.4 Å². The molecule has 2 aliphatic heterocycles. The van der Waals surface area contributed by atoms with Crippen LogP contribution in [0, 0.1) is 11.7 Å². The molecule has 1 aromatic heterocycles. The largest absolute Gasteiger partial charge is 0.381 e. The summed E-state index contributed by atoms with van der Waals surface area (Å²) in [6.45, 7) is 4.65. The van der Waals surface area contributed by atoms with Crippen molar-refractivity contribution >= 4 is 6.03 Å². The van der Waals surface area contributed by atoms with Gasteiger partial charge in [0.1, 0.15) is 11.6 Å². The number of urea groups is 1. The summed E-state index contributed by atoms with van der Waals surface area (Å²) in [5.41, 5.74) is 2.94. The summed E-state index contributed by atoms with van der Waals surface area (Å²) in [7, 11) is 0. The maximum Gasteiger partial charge on any atom is 0.318 e. The highest BCUT2D eigenvalue weighted by Crippen LogP contribution is 2.22. The van der Waals surface area contributed by atoms with Gasteiger partial charge >= 0.3 is 6.03 Å². The van der Waals surface area contributed by atoms with E-state index in [1.165, 1.54) is 12.1 Å². The first-order valence-corrected chi connectivity index (χ1v) is 10.3. The number of carbonyl (C=O) groups excluding carboxylic acids is 1. The first-order valence-electron chi connectivity index (χ1n) is 10.3. The highest BCUT2D eigenvalue weighted by atomic mass is 19.1. The molecule has 0 radical (unpaired) electrons. The SMILES string of the molecule is C[C@@H](NC(=O)N1CCc2cnc(CC3CCOCC3)nc2C1)c1ccc(F)cc1. The van der Waals surface area contributed by atoms with Crippen LogP contribution in [0.3, 0.4) is 0 Å². The Morgan fingerprint density at radius 2 is 2.07 bits per heavy atom. The van der Waals surface area contributed by atoms with Crippen LogP contribution in [0.2, 0.25) is 0 Å². The van der Waals surface area contributed by atoms with Gasteiger partial charge in [0, 0.05) is 32.4 Å². The monoisotopic (exact) mass is 398 g/mol. The Labute approximate surface area is 170 Å². The summed E-state index contributed by atoms with van der Waals surface area (Å²) in [6, 6.07) is 5.89. The molecule has 1 atom stereocenters. The molecule has 0 bridgehead atoms.